The van der Waals surface area contributed by atoms with Gasteiger partial charge in [-0.15, -0.1) is 0 Å². The van der Waals surface area contributed by atoms with Crippen molar-refractivity contribution in [3.63, 3.8) is 0 Å². The van der Waals surface area contributed by atoms with Gasteiger partial charge in [0.05, 0.1) is 0 Å². The monoisotopic (exact) mass is 350 g/mol. The zero-order valence-corrected chi connectivity index (χ0v) is 8.79. The minimum Gasteiger partial charge on any atom is -0.201 e. The minimum absolute atomic E-state index is 4.80. The highest BCUT2D eigenvalue weighted by atomic mass is 19.4. The summed E-state index contributed by atoms with van der Waals surface area (Å²) in [6.07, 6.45) is -21.4. The first-order valence-electron chi connectivity index (χ1n) is 4.15. The van der Waals surface area contributed by atoms with Gasteiger partial charge in [0.15, 0.2) is 0 Å². The Hall–Kier alpha value is -1.24. The van der Waals surface area contributed by atoms with Crippen molar-refractivity contribution in [1.82, 2.24) is 0 Å². The third-order valence-corrected chi connectivity index (χ3v) is 1.82. The van der Waals surface area contributed by atoms with Gasteiger partial charge in [-0.1, -0.05) is 0 Å². The summed E-state index contributed by atoms with van der Waals surface area (Å²) in [4.78, 5) is 0. The van der Waals surface area contributed by atoms with Gasteiger partial charge in [-0.2, -0.15) is 57.1 Å². The van der Waals surface area contributed by atoms with E-state index in [1.165, 1.54) is 0 Å². The van der Waals surface area contributed by atoms with Crippen LogP contribution < -0.4 is 0 Å². The van der Waals surface area contributed by atoms with Gasteiger partial charge >= 0.3 is 30.4 Å². The molecule has 0 rings (SSSR count). The van der Waals surface area contributed by atoms with Crippen LogP contribution >= 0.6 is 0 Å². The average molecular weight is 350 g/mol. The zero-order valence-electron chi connectivity index (χ0n) is 8.79. The van der Waals surface area contributed by atoms with Crippen LogP contribution in [-0.4, -0.2) is 30.4 Å². The molecule has 0 amide bonds. The van der Waals surface area contributed by atoms with Crippen LogP contribution in [0, 0.1) is 0 Å². The molecule has 14 heteroatoms. The summed E-state index contributed by atoms with van der Waals surface area (Å²) in [5.41, 5.74) is -4.97. The summed E-state index contributed by atoms with van der Waals surface area (Å²) in [7, 11) is 0. The van der Waals surface area contributed by atoms with E-state index in [2.05, 4.69) is 0 Å². The molecule has 0 aliphatic carbocycles. The number of halogens is 14. The molecule has 126 valence electrons. The van der Waals surface area contributed by atoms with Crippen molar-refractivity contribution in [1.29, 1.82) is 0 Å². The van der Waals surface area contributed by atoms with Gasteiger partial charge in [0.25, 0.3) is 0 Å². The summed E-state index contributed by atoms with van der Waals surface area (Å²) in [5, 5.41) is 0. The van der Waals surface area contributed by atoms with Crippen LogP contribution in [0.4, 0.5) is 61.5 Å². The lowest BCUT2D eigenvalue weighted by atomic mass is 10.00. The summed E-state index contributed by atoms with van der Waals surface area (Å²) in [5.74, 6) is -19.9. The van der Waals surface area contributed by atoms with E-state index in [1.54, 1.807) is 0 Å². The molecule has 21 heavy (non-hydrogen) atoms. The fourth-order valence-electron chi connectivity index (χ4n) is 0.917. The van der Waals surface area contributed by atoms with Gasteiger partial charge in [-0.05, 0) is 0 Å². The van der Waals surface area contributed by atoms with E-state index in [-0.39, 0.29) is 0 Å². The predicted molar refractivity (Wildman–Crippen MR) is 36.2 cm³/mol. The lowest BCUT2D eigenvalue weighted by Crippen LogP contribution is -2.55. The minimum atomic E-state index is -7.59. The Kier molecular flexibility index (Phi) is 4.61. The zero-order chi connectivity index (χ0) is 17.7. The van der Waals surface area contributed by atoms with E-state index >= 15 is 0 Å². The van der Waals surface area contributed by atoms with Crippen molar-refractivity contribution in [2.45, 2.75) is 30.4 Å². The number of rotatable bonds is 2. The average Bonchev–Trinajstić information content (AvgIpc) is 2.10. The Morgan fingerprint density at radius 3 is 1.05 bits per heavy atom. The first kappa shape index (κ1) is 19.8. The molecule has 0 aromatic rings. The van der Waals surface area contributed by atoms with Crippen LogP contribution in [0.1, 0.15) is 0 Å². The van der Waals surface area contributed by atoms with Gasteiger partial charge in [-0.3, -0.25) is 0 Å². The van der Waals surface area contributed by atoms with E-state index in [4.69, 9.17) is 0 Å². The van der Waals surface area contributed by atoms with Crippen LogP contribution in [0.3, 0.4) is 0 Å². The van der Waals surface area contributed by atoms with Crippen molar-refractivity contribution in [3.05, 3.63) is 11.4 Å². The molecule has 0 radical (unpaired) electrons. The third-order valence-electron chi connectivity index (χ3n) is 1.82. The Morgan fingerprint density at radius 1 is 0.524 bits per heavy atom. The molecule has 0 bridgehead atoms. The van der Waals surface area contributed by atoms with E-state index in [0.717, 1.165) is 0 Å². The second-order valence-electron chi connectivity index (χ2n) is 3.33. The van der Waals surface area contributed by atoms with Crippen LogP contribution in [0.2, 0.25) is 0 Å². The molecule has 0 nitrogen and oxygen atoms in total. The maximum atomic E-state index is 12.7. The summed E-state index contributed by atoms with van der Waals surface area (Å²) >= 11 is 0. The smallest absolute Gasteiger partial charge is 0.201 e. The maximum Gasteiger partial charge on any atom is 0.460 e. The molecule has 0 aromatic carbocycles. The van der Waals surface area contributed by atoms with E-state index in [9.17, 15) is 61.5 Å². The molecule has 0 aliphatic heterocycles. The summed E-state index contributed by atoms with van der Waals surface area (Å²) in [6.45, 7) is 0. The lowest BCUT2D eigenvalue weighted by Gasteiger charge is -2.31. The highest BCUT2D eigenvalue weighted by Crippen LogP contribution is 2.55. The molecule has 0 saturated carbocycles. The largest absolute Gasteiger partial charge is 0.460 e. The lowest BCUT2D eigenvalue weighted by molar-refractivity contribution is -0.352. The van der Waals surface area contributed by atoms with Gasteiger partial charge < -0.3 is 0 Å². The highest BCUT2D eigenvalue weighted by Gasteiger charge is 2.78. The first-order valence-corrected chi connectivity index (χ1v) is 4.15. The molecular weight excluding hydrogens is 350 g/mol. The number of hydrogen-bond acceptors (Lipinski definition) is 0. The Morgan fingerprint density at radius 2 is 0.857 bits per heavy atom. The quantitative estimate of drug-likeness (QED) is 0.603. The predicted octanol–water partition coefficient (Wildman–Crippen LogP) is 5.17. The Bertz CT molecular complexity index is 414. The molecule has 0 fully saturated rings. The topological polar surface area (TPSA) is 0 Å². The van der Waals surface area contributed by atoms with Crippen molar-refractivity contribution < 1.29 is 61.5 Å². The van der Waals surface area contributed by atoms with E-state index < -0.39 is 41.8 Å². The van der Waals surface area contributed by atoms with Gasteiger partial charge in [0.2, 0.25) is 5.83 Å². The molecule has 0 atom stereocenters. The van der Waals surface area contributed by atoms with Crippen molar-refractivity contribution in [2.24, 2.45) is 0 Å². The fourth-order valence-corrected chi connectivity index (χ4v) is 0.917. The Balaban J connectivity index is 6.51. The van der Waals surface area contributed by atoms with Crippen LogP contribution in [0.15, 0.2) is 11.4 Å². The normalized spacial score (nSPS) is 16.9. The molecule has 0 spiro atoms. The summed E-state index contributed by atoms with van der Waals surface area (Å²) in [6, 6.07) is 0. The van der Waals surface area contributed by atoms with Crippen LogP contribution in [0.25, 0.3) is 0 Å². The standard InChI is InChI=1S/C7F14/c8-2(5(14,15)16)1(4(11,12)13)3(9,10)6(17,18)7(19,20)21. The number of hydrogen-bond donors (Lipinski definition) is 0. The van der Waals surface area contributed by atoms with E-state index in [0.29, 0.717) is 0 Å². The second kappa shape index (κ2) is 4.90. The molecule has 0 N–H and O–H groups in total. The maximum absolute atomic E-state index is 12.7. The van der Waals surface area contributed by atoms with Gasteiger partial charge in [-0.25, -0.2) is 4.39 Å². The van der Waals surface area contributed by atoms with Crippen LogP contribution in [-0.2, 0) is 0 Å². The summed E-state index contributed by atoms with van der Waals surface area (Å²) < 4.78 is 168. The SMILES string of the molecule is FC(=C(C(F)(F)F)C(F)(F)C(F)(F)C(F)(F)F)C(F)(F)F. The third kappa shape index (κ3) is 3.51. The van der Waals surface area contributed by atoms with Crippen LogP contribution in [0.5, 0.6) is 0 Å². The molecule has 0 unspecified atom stereocenters. The number of allylic oxidation sites excluding steroid dienone is 2. The molecule has 0 aliphatic rings. The molecule has 0 aromatic heterocycles. The van der Waals surface area contributed by atoms with Crippen molar-refractivity contribution in [3.8, 4) is 0 Å². The Labute approximate surface area is 105 Å². The molecular formula is C7F14. The van der Waals surface area contributed by atoms with Gasteiger partial charge in [0, 0.05) is 0 Å². The van der Waals surface area contributed by atoms with Crippen molar-refractivity contribution >= 4 is 0 Å². The molecule has 0 heterocycles. The number of alkyl halides is 13. The van der Waals surface area contributed by atoms with Gasteiger partial charge in [0.1, 0.15) is 5.57 Å². The fraction of sp³-hybridized carbons (Fsp3) is 0.714. The molecule has 0 saturated heterocycles. The second-order valence-corrected chi connectivity index (χ2v) is 3.33. The first-order chi connectivity index (χ1) is 8.78. The highest BCUT2D eigenvalue weighted by molar-refractivity contribution is 5.29. The van der Waals surface area contributed by atoms with E-state index in [1.807, 2.05) is 0 Å². The van der Waals surface area contributed by atoms with Crippen molar-refractivity contribution in [2.75, 3.05) is 0 Å².